The molecule has 1 aromatic carbocycles. The van der Waals surface area contributed by atoms with Gasteiger partial charge in [-0.1, -0.05) is 12.1 Å². The number of benzene rings is 1. The third-order valence-corrected chi connectivity index (χ3v) is 2.62. The van der Waals surface area contributed by atoms with Crippen molar-refractivity contribution in [2.75, 3.05) is 20.7 Å². The first-order valence-electron chi connectivity index (χ1n) is 5.47. The van der Waals surface area contributed by atoms with Crippen molar-refractivity contribution < 1.29 is 4.74 Å². The number of hydrogen-bond acceptors (Lipinski definition) is 2. The van der Waals surface area contributed by atoms with Crippen LogP contribution in [0.25, 0.3) is 0 Å². The van der Waals surface area contributed by atoms with E-state index in [2.05, 4.69) is 31.3 Å². The molecule has 0 saturated heterocycles. The summed E-state index contributed by atoms with van der Waals surface area (Å²) in [7, 11) is 3.72. The molecule has 1 rings (SSSR count). The van der Waals surface area contributed by atoms with E-state index in [4.69, 9.17) is 4.74 Å². The van der Waals surface area contributed by atoms with Crippen LogP contribution in [0.15, 0.2) is 12.1 Å². The Morgan fingerprint density at radius 1 is 1.20 bits per heavy atom. The lowest BCUT2D eigenvalue weighted by Crippen LogP contribution is -2.08. The second kappa shape index (κ2) is 5.76. The molecule has 0 amide bonds. The molecule has 0 spiro atoms. The smallest absolute Gasteiger partial charge is 0.124 e. The molecular formula is C13H21NO. The highest BCUT2D eigenvalue weighted by Crippen LogP contribution is 2.24. The Bertz CT molecular complexity index is 297. The minimum Gasteiger partial charge on any atom is -0.496 e. The fraction of sp³-hybridized carbons (Fsp3) is 0.538. The molecule has 0 aromatic heterocycles. The van der Waals surface area contributed by atoms with Gasteiger partial charge in [0.15, 0.2) is 0 Å². The van der Waals surface area contributed by atoms with Gasteiger partial charge in [0, 0.05) is 0 Å². The third-order valence-electron chi connectivity index (χ3n) is 2.62. The van der Waals surface area contributed by atoms with E-state index < -0.39 is 0 Å². The van der Waals surface area contributed by atoms with Crippen LogP contribution in [0.4, 0.5) is 0 Å². The van der Waals surface area contributed by atoms with E-state index in [-0.39, 0.29) is 0 Å². The van der Waals surface area contributed by atoms with E-state index in [0.29, 0.717) is 0 Å². The maximum absolute atomic E-state index is 5.34. The Morgan fingerprint density at radius 2 is 1.80 bits per heavy atom. The number of aryl methyl sites for hydroxylation is 3. The Kier molecular flexibility index (Phi) is 4.63. The Balaban J connectivity index is 2.75. The van der Waals surface area contributed by atoms with Crippen LogP contribution in [0.5, 0.6) is 5.75 Å². The van der Waals surface area contributed by atoms with Crippen molar-refractivity contribution in [3.05, 3.63) is 28.8 Å². The van der Waals surface area contributed by atoms with Crippen molar-refractivity contribution in [2.45, 2.75) is 26.7 Å². The van der Waals surface area contributed by atoms with E-state index in [1.807, 2.05) is 7.05 Å². The van der Waals surface area contributed by atoms with E-state index in [1.165, 1.54) is 23.1 Å². The summed E-state index contributed by atoms with van der Waals surface area (Å²) in [5, 5.41) is 3.17. The van der Waals surface area contributed by atoms with E-state index >= 15 is 0 Å². The summed E-state index contributed by atoms with van der Waals surface area (Å²) in [6, 6.07) is 4.45. The highest BCUT2D eigenvalue weighted by Gasteiger charge is 2.04. The summed E-state index contributed by atoms with van der Waals surface area (Å²) < 4.78 is 5.34. The zero-order valence-corrected chi connectivity index (χ0v) is 10.2. The highest BCUT2D eigenvalue weighted by atomic mass is 16.5. The van der Waals surface area contributed by atoms with Gasteiger partial charge >= 0.3 is 0 Å². The molecule has 2 nitrogen and oxygen atoms in total. The molecule has 0 heterocycles. The molecule has 0 bridgehead atoms. The van der Waals surface area contributed by atoms with E-state index in [9.17, 15) is 0 Å². The van der Waals surface area contributed by atoms with Crippen LogP contribution in [-0.4, -0.2) is 20.7 Å². The molecule has 2 heteroatoms. The quantitative estimate of drug-likeness (QED) is 0.749. The van der Waals surface area contributed by atoms with Gasteiger partial charge in [0.05, 0.1) is 7.11 Å². The average Bonchev–Trinajstić information content (AvgIpc) is 2.18. The van der Waals surface area contributed by atoms with Crippen LogP contribution in [0, 0.1) is 13.8 Å². The summed E-state index contributed by atoms with van der Waals surface area (Å²) >= 11 is 0. The minimum absolute atomic E-state index is 1.02. The lowest BCUT2D eigenvalue weighted by atomic mass is 10.0. The summed E-state index contributed by atoms with van der Waals surface area (Å²) in [4.78, 5) is 0. The van der Waals surface area contributed by atoms with Crippen LogP contribution in [0.3, 0.4) is 0 Å². The monoisotopic (exact) mass is 207 g/mol. The zero-order chi connectivity index (χ0) is 11.3. The van der Waals surface area contributed by atoms with Crippen LogP contribution >= 0.6 is 0 Å². The molecular weight excluding hydrogens is 186 g/mol. The fourth-order valence-corrected chi connectivity index (χ4v) is 1.98. The standard InChI is InChI=1S/C13H21NO/c1-10-8-12(6-5-7-14-3)9-11(2)13(10)15-4/h8-9,14H,5-7H2,1-4H3. The lowest BCUT2D eigenvalue weighted by Gasteiger charge is -2.11. The SMILES string of the molecule is CNCCCc1cc(C)c(OC)c(C)c1. The van der Waals surface area contributed by atoms with Crippen LogP contribution in [0.1, 0.15) is 23.1 Å². The fourth-order valence-electron chi connectivity index (χ4n) is 1.98. The van der Waals surface area contributed by atoms with Gasteiger partial charge in [-0.25, -0.2) is 0 Å². The molecule has 0 unspecified atom stereocenters. The molecule has 15 heavy (non-hydrogen) atoms. The number of ether oxygens (including phenoxy) is 1. The zero-order valence-electron chi connectivity index (χ0n) is 10.2. The Hall–Kier alpha value is -1.02. The highest BCUT2D eigenvalue weighted by molar-refractivity contribution is 5.43. The van der Waals surface area contributed by atoms with Crippen LogP contribution in [-0.2, 0) is 6.42 Å². The predicted molar refractivity (Wildman–Crippen MR) is 64.7 cm³/mol. The van der Waals surface area contributed by atoms with Crippen LogP contribution < -0.4 is 10.1 Å². The molecule has 0 aliphatic carbocycles. The van der Waals surface area contributed by atoms with Gasteiger partial charge in [0.25, 0.3) is 0 Å². The molecule has 84 valence electrons. The second-order valence-corrected chi connectivity index (χ2v) is 3.97. The summed E-state index contributed by atoms with van der Waals surface area (Å²) in [5.74, 6) is 1.02. The van der Waals surface area contributed by atoms with Gasteiger partial charge in [0.2, 0.25) is 0 Å². The summed E-state index contributed by atoms with van der Waals surface area (Å²) in [5.41, 5.74) is 3.87. The van der Waals surface area contributed by atoms with Gasteiger partial charge in [-0.2, -0.15) is 0 Å². The summed E-state index contributed by atoms with van der Waals surface area (Å²) in [6.45, 7) is 5.28. The number of nitrogens with one attached hydrogen (secondary N) is 1. The lowest BCUT2D eigenvalue weighted by molar-refractivity contribution is 0.408. The average molecular weight is 207 g/mol. The number of methoxy groups -OCH3 is 1. The van der Waals surface area contributed by atoms with Gasteiger partial charge in [-0.05, 0) is 57.0 Å². The number of rotatable bonds is 5. The van der Waals surface area contributed by atoms with E-state index in [0.717, 1.165) is 18.7 Å². The van der Waals surface area contributed by atoms with Crippen molar-refractivity contribution in [2.24, 2.45) is 0 Å². The second-order valence-electron chi connectivity index (χ2n) is 3.97. The van der Waals surface area contributed by atoms with Crippen molar-refractivity contribution in [3.8, 4) is 5.75 Å². The van der Waals surface area contributed by atoms with Crippen molar-refractivity contribution in [1.82, 2.24) is 5.32 Å². The largest absolute Gasteiger partial charge is 0.496 e. The normalized spacial score (nSPS) is 10.4. The van der Waals surface area contributed by atoms with Crippen molar-refractivity contribution >= 4 is 0 Å². The van der Waals surface area contributed by atoms with E-state index in [1.54, 1.807) is 7.11 Å². The van der Waals surface area contributed by atoms with Crippen molar-refractivity contribution in [1.29, 1.82) is 0 Å². The van der Waals surface area contributed by atoms with Gasteiger partial charge in [-0.15, -0.1) is 0 Å². The van der Waals surface area contributed by atoms with Gasteiger partial charge in [0.1, 0.15) is 5.75 Å². The topological polar surface area (TPSA) is 21.3 Å². The maximum atomic E-state index is 5.34. The molecule has 0 fully saturated rings. The first kappa shape index (κ1) is 12.1. The third kappa shape index (κ3) is 3.24. The number of hydrogen-bond donors (Lipinski definition) is 1. The molecule has 1 N–H and O–H groups in total. The van der Waals surface area contributed by atoms with Gasteiger partial charge < -0.3 is 10.1 Å². The first-order valence-corrected chi connectivity index (χ1v) is 5.47. The molecule has 0 radical (unpaired) electrons. The molecule has 1 aromatic rings. The predicted octanol–water partition coefficient (Wildman–Crippen LogP) is 2.46. The summed E-state index contributed by atoms with van der Waals surface area (Å²) in [6.07, 6.45) is 2.31. The molecule has 0 saturated carbocycles. The molecule has 0 aliphatic heterocycles. The maximum Gasteiger partial charge on any atom is 0.124 e. The Morgan fingerprint density at radius 3 is 2.27 bits per heavy atom. The van der Waals surface area contributed by atoms with Crippen LogP contribution in [0.2, 0.25) is 0 Å². The van der Waals surface area contributed by atoms with Gasteiger partial charge in [-0.3, -0.25) is 0 Å². The molecule has 0 atom stereocenters. The first-order chi connectivity index (χ1) is 7.19. The van der Waals surface area contributed by atoms with Crippen molar-refractivity contribution in [3.63, 3.8) is 0 Å². The Labute approximate surface area is 92.6 Å². The minimum atomic E-state index is 1.02. The molecule has 0 aliphatic rings.